The van der Waals surface area contributed by atoms with Gasteiger partial charge in [0.25, 0.3) is 0 Å². The van der Waals surface area contributed by atoms with Crippen LogP contribution in [-0.2, 0) is 14.4 Å². The van der Waals surface area contributed by atoms with E-state index in [-0.39, 0.29) is 54.1 Å². The molecule has 0 spiro atoms. The first kappa shape index (κ1) is 29.1. The van der Waals surface area contributed by atoms with E-state index in [2.05, 4.69) is 17.2 Å². The standard InChI is InChI=1S/C35H45N3O3/c1-25(26-16-8-6-9-17-26)36-31(27-18-10-7-11-19-27)24-33(39)37-30-22-14-4-2-12-20-28(30)34(40)38-32-23-15-5-3-13-21-29(32)35(38)41/h6-11,16-19,28-32,36H,1-5,12-15,20-24H2,(H,37,39)/t28?,29-,30+,31?,32?/m0/s1. The first-order valence-electron chi connectivity index (χ1n) is 15.7. The number of nitrogens with zero attached hydrogens (tertiary/aromatic N) is 1. The average Bonchev–Trinajstić information content (AvgIpc) is 2.96. The number of hydrogen-bond donors (Lipinski definition) is 2. The maximum Gasteiger partial charge on any atom is 0.234 e. The van der Waals surface area contributed by atoms with Gasteiger partial charge in [-0.1, -0.05) is 119 Å². The number of likely N-dealkylation sites (tertiary alicyclic amines) is 1. The van der Waals surface area contributed by atoms with Crippen molar-refractivity contribution in [2.75, 3.05) is 0 Å². The minimum Gasteiger partial charge on any atom is -0.378 e. The van der Waals surface area contributed by atoms with E-state index in [4.69, 9.17) is 0 Å². The first-order chi connectivity index (χ1) is 20.0. The molecule has 5 rings (SSSR count). The Morgan fingerprint density at radius 2 is 1.41 bits per heavy atom. The highest BCUT2D eigenvalue weighted by molar-refractivity contribution is 6.03. The molecule has 2 N–H and O–H groups in total. The van der Waals surface area contributed by atoms with Crippen LogP contribution >= 0.6 is 0 Å². The summed E-state index contributed by atoms with van der Waals surface area (Å²) >= 11 is 0. The fourth-order valence-electron chi connectivity index (χ4n) is 7.05. The minimum absolute atomic E-state index is 0.0104. The Balaban J connectivity index is 1.29. The third-order valence-corrected chi connectivity index (χ3v) is 9.34. The summed E-state index contributed by atoms with van der Waals surface area (Å²) in [7, 11) is 0. The van der Waals surface area contributed by atoms with E-state index < -0.39 is 0 Å². The third-order valence-electron chi connectivity index (χ3n) is 9.34. The molecule has 218 valence electrons. The molecule has 2 aromatic carbocycles. The zero-order chi connectivity index (χ0) is 28.6. The van der Waals surface area contributed by atoms with Gasteiger partial charge in [0.15, 0.2) is 0 Å². The second-order valence-electron chi connectivity index (χ2n) is 12.1. The van der Waals surface area contributed by atoms with Crippen molar-refractivity contribution in [3.63, 3.8) is 0 Å². The number of benzene rings is 2. The van der Waals surface area contributed by atoms with Gasteiger partial charge in [0, 0.05) is 11.7 Å². The predicted molar refractivity (Wildman–Crippen MR) is 162 cm³/mol. The van der Waals surface area contributed by atoms with Crippen molar-refractivity contribution in [1.29, 1.82) is 0 Å². The van der Waals surface area contributed by atoms with Crippen molar-refractivity contribution in [2.45, 2.75) is 102 Å². The lowest BCUT2D eigenvalue weighted by Crippen LogP contribution is -2.65. The smallest absolute Gasteiger partial charge is 0.234 e. The Labute approximate surface area is 245 Å². The molecule has 2 aliphatic carbocycles. The molecule has 5 atom stereocenters. The minimum atomic E-state index is -0.350. The Morgan fingerprint density at radius 3 is 2.12 bits per heavy atom. The summed E-state index contributed by atoms with van der Waals surface area (Å²) in [4.78, 5) is 42.4. The molecule has 0 radical (unpaired) electrons. The van der Waals surface area contributed by atoms with Crippen LogP contribution in [0.4, 0.5) is 0 Å². The van der Waals surface area contributed by atoms with E-state index in [1.807, 2.05) is 60.7 Å². The molecule has 1 saturated heterocycles. The molecule has 1 aliphatic heterocycles. The van der Waals surface area contributed by atoms with Crippen LogP contribution in [0, 0.1) is 11.8 Å². The van der Waals surface area contributed by atoms with Gasteiger partial charge in [-0.25, -0.2) is 0 Å². The lowest BCUT2D eigenvalue weighted by atomic mass is 9.76. The quantitative estimate of drug-likeness (QED) is 0.286. The van der Waals surface area contributed by atoms with E-state index in [0.29, 0.717) is 0 Å². The van der Waals surface area contributed by atoms with Gasteiger partial charge >= 0.3 is 0 Å². The van der Waals surface area contributed by atoms with Crippen molar-refractivity contribution < 1.29 is 14.4 Å². The number of β-lactam (4-membered cyclic amide) rings is 1. The fraction of sp³-hybridized carbons (Fsp3) is 0.514. The zero-order valence-electron chi connectivity index (χ0n) is 24.2. The Hall–Kier alpha value is -3.41. The van der Waals surface area contributed by atoms with E-state index >= 15 is 0 Å². The Bertz CT molecular complexity index is 1200. The first-order valence-corrected chi connectivity index (χ1v) is 15.7. The maximum atomic E-state index is 14.0. The number of carbonyl (C=O) groups excluding carboxylic acids is 3. The average molecular weight is 556 g/mol. The summed E-state index contributed by atoms with van der Waals surface area (Å²) in [6.07, 6.45) is 12.1. The van der Waals surface area contributed by atoms with Gasteiger partial charge in [-0.05, 0) is 36.8 Å². The normalized spacial score (nSPS) is 25.7. The van der Waals surface area contributed by atoms with Crippen LogP contribution in [0.25, 0.3) is 5.70 Å². The number of carbonyl (C=O) groups is 3. The van der Waals surface area contributed by atoms with Crippen molar-refractivity contribution in [2.24, 2.45) is 11.8 Å². The lowest BCUT2D eigenvalue weighted by molar-refractivity contribution is -0.170. The number of nitrogens with one attached hydrogen (secondary N) is 2. The summed E-state index contributed by atoms with van der Waals surface area (Å²) in [5, 5.41) is 6.76. The van der Waals surface area contributed by atoms with Crippen LogP contribution in [-0.4, -0.2) is 34.7 Å². The van der Waals surface area contributed by atoms with Crippen LogP contribution in [0.2, 0.25) is 0 Å². The lowest BCUT2D eigenvalue weighted by Gasteiger charge is -2.49. The highest BCUT2D eigenvalue weighted by atomic mass is 16.2. The van der Waals surface area contributed by atoms with Crippen LogP contribution in [0.15, 0.2) is 67.2 Å². The molecular weight excluding hydrogens is 510 g/mol. The molecule has 2 aromatic rings. The number of hydrogen-bond acceptors (Lipinski definition) is 4. The molecule has 3 fully saturated rings. The monoisotopic (exact) mass is 555 g/mol. The van der Waals surface area contributed by atoms with E-state index in [0.717, 1.165) is 81.0 Å². The molecule has 3 unspecified atom stereocenters. The zero-order valence-corrected chi connectivity index (χ0v) is 24.2. The molecule has 6 nitrogen and oxygen atoms in total. The van der Waals surface area contributed by atoms with Gasteiger partial charge in [0.05, 0.1) is 30.3 Å². The van der Waals surface area contributed by atoms with E-state index in [1.165, 1.54) is 12.8 Å². The van der Waals surface area contributed by atoms with Crippen molar-refractivity contribution in [1.82, 2.24) is 15.5 Å². The van der Waals surface area contributed by atoms with Gasteiger partial charge in [-0.2, -0.15) is 0 Å². The maximum absolute atomic E-state index is 14.0. The van der Waals surface area contributed by atoms with Crippen LogP contribution in [0.3, 0.4) is 0 Å². The molecule has 6 heteroatoms. The molecule has 0 bridgehead atoms. The summed E-state index contributed by atoms with van der Waals surface area (Å²) in [5.74, 6) is -0.469. The highest BCUT2D eigenvalue weighted by Gasteiger charge is 2.51. The number of fused-ring (bicyclic) bond motifs is 1. The fourth-order valence-corrected chi connectivity index (χ4v) is 7.05. The van der Waals surface area contributed by atoms with Crippen molar-refractivity contribution in [3.05, 3.63) is 78.4 Å². The van der Waals surface area contributed by atoms with E-state index in [1.54, 1.807) is 4.90 Å². The van der Waals surface area contributed by atoms with Crippen molar-refractivity contribution >= 4 is 23.4 Å². The number of imide groups is 1. The van der Waals surface area contributed by atoms with Gasteiger partial charge in [0.2, 0.25) is 17.7 Å². The second kappa shape index (κ2) is 14.0. The third kappa shape index (κ3) is 7.09. The van der Waals surface area contributed by atoms with E-state index in [9.17, 15) is 14.4 Å². The van der Waals surface area contributed by atoms with Gasteiger partial charge < -0.3 is 10.6 Å². The largest absolute Gasteiger partial charge is 0.378 e. The predicted octanol–water partition coefficient (Wildman–Crippen LogP) is 6.54. The molecule has 41 heavy (non-hydrogen) atoms. The van der Waals surface area contributed by atoms with Gasteiger partial charge in [0.1, 0.15) is 0 Å². The molecule has 3 amide bonds. The summed E-state index contributed by atoms with van der Waals surface area (Å²) < 4.78 is 0. The second-order valence-corrected chi connectivity index (χ2v) is 12.1. The molecular formula is C35H45N3O3. The van der Waals surface area contributed by atoms with Gasteiger partial charge in [-0.3, -0.25) is 19.3 Å². The van der Waals surface area contributed by atoms with Crippen LogP contribution in [0.5, 0.6) is 0 Å². The van der Waals surface area contributed by atoms with Gasteiger partial charge in [-0.15, -0.1) is 0 Å². The number of amides is 3. The summed E-state index contributed by atoms with van der Waals surface area (Å²) in [5.41, 5.74) is 2.74. The summed E-state index contributed by atoms with van der Waals surface area (Å²) in [6.45, 7) is 4.23. The molecule has 3 aliphatic rings. The number of rotatable bonds is 8. The topological polar surface area (TPSA) is 78.5 Å². The highest BCUT2D eigenvalue weighted by Crippen LogP contribution is 2.39. The molecule has 1 heterocycles. The molecule has 0 aromatic heterocycles. The molecule has 2 saturated carbocycles. The van der Waals surface area contributed by atoms with Crippen LogP contribution < -0.4 is 10.6 Å². The Kier molecular flexibility index (Phi) is 9.92. The Morgan fingerprint density at radius 1 is 0.805 bits per heavy atom. The van der Waals surface area contributed by atoms with Crippen molar-refractivity contribution in [3.8, 4) is 0 Å². The SMILES string of the molecule is C=C(NC(CC(=O)N[C@@H]1CCCCCCC1C(=O)N1C(=O)[C@H]2CCCCCCC21)c1ccccc1)c1ccccc1. The summed E-state index contributed by atoms with van der Waals surface area (Å²) in [6, 6.07) is 19.4. The van der Waals surface area contributed by atoms with Crippen LogP contribution in [0.1, 0.15) is 101 Å².